The molecule has 5 nitrogen and oxygen atoms in total. The molecule has 1 aliphatic heterocycles. The van der Waals surface area contributed by atoms with Crippen molar-refractivity contribution in [3.63, 3.8) is 0 Å². The fraction of sp³-hybridized carbons (Fsp3) is 0.409. The van der Waals surface area contributed by atoms with Gasteiger partial charge in [0.05, 0.1) is 30.2 Å². The Morgan fingerprint density at radius 1 is 1.07 bits per heavy atom. The van der Waals surface area contributed by atoms with Crippen molar-refractivity contribution in [3.8, 4) is 0 Å². The van der Waals surface area contributed by atoms with Crippen molar-refractivity contribution in [1.29, 1.82) is 0 Å². The SMILES string of the molecule is Cc1cc(C)cc(N[C@@H](C)C(=O)Nc2cc(C(F)(F)F)ccc2N2CCOCC2)c1. The third kappa shape index (κ3) is 5.44. The highest BCUT2D eigenvalue weighted by Crippen LogP contribution is 2.36. The van der Waals surface area contributed by atoms with E-state index in [9.17, 15) is 18.0 Å². The van der Waals surface area contributed by atoms with Gasteiger partial charge in [-0.2, -0.15) is 13.2 Å². The quantitative estimate of drug-likeness (QED) is 0.741. The molecule has 3 rings (SSSR count). The first-order chi connectivity index (χ1) is 14.1. The van der Waals surface area contributed by atoms with Crippen LogP contribution in [0.15, 0.2) is 36.4 Å². The van der Waals surface area contributed by atoms with E-state index in [4.69, 9.17) is 4.74 Å². The number of anilines is 3. The molecule has 0 bridgehead atoms. The van der Waals surface area contributed by atoms with Crippen LogP contribution in [0.25, 0.3) is 0 Å². The molecule has 1 amide bonds. The van der Waals surface area contributed by atoms with Crippen molar-refractivity contribution in [1.82, 2.24) is 0 Å². The van der Waals surface area contributed by atoms with E-state index < -0.39 is 23.7 Å². The molecule has 1 aliphatic rings. The monoisotopic (exact) mass is 421 g/mol. The molecule has 0 aliphatic carbocycles. The summed E-state index contributed by atoms with van der Waals surface area (Å²) in [4.78, 5) is 14.7. The summed E-state index contributed by atoms with van der Waals surface area (Å²) in [5.74, 6) is -0.414. The van der Waals surface area contributed by atoms with Crippen LogP contribution in [0, 0.1) is 13.8 Å². The molecule has 30 heavy (non-hydrogen) atoms. The van der Waals surface area contributed by atoms with Crippen LogP contribution in [0.4, 0.5) is 30.2 Å². The number of hydrogen-bond donors (Lipinski definition) is 2. The Morgan fingerprint density at radius 2 is 1.70 bits per heavy atom. The summed E-state index contributed by atoms with van der Waals surface area (Å²) in [6.07, 6.45) is -4.49. The first-order valence-electron chi connectivity index (χ1n) is 9.83. The fourth-order valence-corrected chi connectivity index (χ4v) is 3.51. The standard InChI is InChI=1S/C22H26F3N3O2/c1-14-10-15(2)12-18(11-14)26-16(3)21(29)27-19-13-17(22(23,24)25)4-5-20(19)28-6-8-30-9-7-28/h4-5,10-13,16,26H,6-9H2,1-3H3,(H,27,29)/t16-/m0/s1. The molecule has 2 aromatic rings. The Labute approximate surface area is 174 Å². The molecule has 2 N–H and O–H groups in total. The van der Waals surface area contributed by atoms with Gasteiger partial charge < -0.3 is 20.3 Å². The minimum atomic E-state index is -4.49. The second kappa shape index (κ2) is 8.95. The van der Waals surface area contributed by atoms with Crippen molar-refractivity contribution in [2.75, 3.05) is 41.8 Å². The zero-order chi connectivity index (χ0) is 21.9. The van der Waals surface area contributed by atoms with E-state index in [0.29, 0.717) is 32.0 Å². The number of carbonyl (C=O) groups is 1. The lowest BCUT2D eigenvalue weighted by Gasteiger charge is -2.31. The van der Waals surface area contributed by atoms with E-state index in [1.807, 2.05) is 36.9 Å². The summed E-state index contributed by atoms with van der Waals surface area (Å²) >= 11 is 0. The third-order valence-corrected chi connectivity index (χ3v) is 4.93. The maximum atomic E-state index is 13.2. The molecular formula is C22H26F3N3O2. The molecular weight excluding hydrogens is 395 g/mol. The number of hydrogen-bond acceptors (Lipinski definition) is 4. The van der Waals surface area contributed by atoms with E-state index in [1.165, 1.54) is 6.07 Å². The van der Waals surface area contributed by atoms with Crippen molar-refractivity contribution in [3.05, 3.63) is 53.1 Å². The Bertz CT molecular complexity index is 889. The highest BCUT2D eigenvalue weighted by Gasteiger charge is 2.32. The van der Waals surface area contributed by atoms with Crippen molar-refractivity contribution < 1.29 is 22.7 Å². The number of nitrogens with zero attached hydrogens (tertiary/aromatic N) is 1. The molecule has 1 heterocycles. The van der Waals surface area contributed by atoms with Gasteiger partial charge in [0.15, 0.2) is 0 Å². The largest absolute Gasteiger partial charge is 0.416 e. The predicted molar refractivity (Wildman–Crippen MR) is 112 cm³/mol. The van der Waals surface area contributed by atoms with E-state index in [-0.39, 0.29) is 5.69 Å². The van der Waals surface area contributed by atoms with Gasteiger partial charge in [0.2, 0.25) is 5.91 Å². The normalized spacial score (nSPS) is 15.6. The number of ether oxygens (including phenoxy) is 1. The number of morpholine rings is 1. The number of benzene rings is 2. The molecule has 0 radical (unpaired) electrons. The number of alkyl halides is 3. The van der Waals surface area contributed by atoms with Crippen molar-refractivity contribution in [2.45, 2.75) is 33.0 Å². The molecule has 2 aromatic carbocycles. The van der Waals surface area contributed by atoms with Crippen LogP contribution in [0.5, 0.6) is 0 Å². The van der Waals surface area contributed by atoms with Crippen LogP contribution < -0.4 is 15.5 Å². The van der Waals surface area contributed by atoms with Crippen molar-refractivity contribution >= 4 is 23.0 Å². The maximum Gasteiger partial charge on any atom is 0.416 e. The topological polar surface area (TPSA) is 53.6 Å². The van der Waals surface area contributed by atoms with Crippen LogP contribution in [-0.2, 0) is 15.7 Å². The van der Waals surface area contributed by atoms with Gasteiger partial charge in [0, 0.05) is 18.8 Å². The number of rotatable bonds is 5. The number of aryl methyl sites for hydroxylation is 2. The van der Waals surface area contributed by atoms with Gasteiger partial charge in [-0.05, 0) is 62.2 Å². The lowest BCUT2D eigenvalue weighted by molar-refractivity contribution is -0.137. The average molecular weight is 421 g/mol. The van der Waals surface area contributed by atoms with Crippen LogP contribution in [0.2, 0.25) is 0 Å². The number of amides is 1. The van der Waals surface area contributed by atoms with Crippen molar-refractivity contribution in [2.24, 2.45) is 0 Å². The number of nitrogens with one attached hydrogen (secondary N) is 2. The summed E-state index contributed by atoms with van der Waals surface area (Å²) in [5.41, 5.74) is 2.79. The fourth-order valence-electron chi connectivity index (χ4n) is 3.51. The number of carbonyl (C=O) groups excluding carboxylic acids is 1. The smallest absolute Gasteiger partial charge is 0.378 e. The van der Waals surface area contributed by atoms with Gasteiger partial charge in [-0.1, -0.05) is 6.07 Å². The highest BCUT2D eigenvalue weighted by molar-refractivity contribution is 5.99. The minimum absolute atomic E-state index is 0.144. The highest BCUT2D eigenvalue weighted by atomic mass is 19.4. The lowest BCUT2D eigenvalue weighted by Crippen LogP contribution is -2.37. The summed E-state index contributed by atoms with van der Waals surface area (Å²) < 4.78 is 45.1. The van der Waals surface area contributed by atoms with Crippen LogP contribution >= 0.6 is 0 Å². The molecule has 162 valence electrons. The molecule has 1 fully saturated rings. The molecule has 8 heteroatoms. The molecule has 0 aromatic heterocycles. The summed E-state index contributed by atoms with van der Waals surface area (Å²) in [5, 5.41) is 5.81. The lowest BCUT2D eigenvalue weighted by atomic mass is 10.1. The predicted octanol–water partition coefficient (Wildman–Crippen LogP) is 4.60. The second-order valence-electron chi connectivity index (χ2n) is 7.56. The minimum Gasteiger partial charge on any atom is -0.378 e. The van der Waals surface area contributed by atoms with Gasteiger partial charge in [0.25, 0.3) is 0 Å². The molecule has 1 atom stereocenters. The van der Waals surface area contributed by atoms with E-state index in [2.05, 4.69) is 10.6 Å². The zero-order valence-electron chi connectivity index (χ0n) is 17.3. The van der Waals surface area contributed by atoms with E-state index in [0.717, 1.165) is 28.9 Å². The summed E-state index contributed by atoms with van der Waals surface area (Å²) in [7, 11) is 0. The summed E-state index contributed by atoms with van der Waals surface area (Å²) in [6.45, 7) is 7.66. The first-order valence-corrected chi connectivity index (χ1v) is 9.83. The second-order valence-corrected chi connectivity index (χ2v) is 7.56. The Kier molecular flexibility index (Phi) is 6.55. The molecule has 0 saturated carbocycles. The molecule has 0 unspecified atom stereocenters. The number of halogens is 3. The molecule has 0 spiro atoms. The van der Waals surface area contributed by atoms with Gasteiger partial charge >= 0.3 is 6.18 Å². The van der Waals surface area contributed by atoms with Crippen LogP contribution in [0.1, 0.15) is 23.6 Å². The van der Waals surface area contributed by atoms with Gasteiger partial charge in [0.1, 0.15) is 6.04 Å². The molecule has 1 saturated heterocycles. The van der Waals surface area contributed by atoms with E-state index in [1.54, 1.807) is 6.92 Å². The van der Waals surface area contributed by atoms with Crippen LogP contribution in [0.3, 0.4) is 0 Å². The average Bonchev–Trinajstić information content (AvgIpc) is 2.67. The van der Waals surface area contributed by atoms with Gasteiger partial charge in [-0.25, -0.2) is 0 Å². The van der Waals surface area contributed by atoms with Gasteiger partial charge in [-0.3, -0.25) is 4.79 Å². The first kappa shape index (κ1) is 22.0. The summed E-state index contributed by atoms with van der Waals surface area (Å²) in [6, 6.07) is 8.65. The Balaban J connectivity index is 1.82. The van der Waals surface area contributed by atoms with Crippen LogP contribution in [-0.4, -0.2) is 38.3 Å². The van der Waals surface area contributed by atoms with E-state index >= 15 is 0 Å². The third-order valence-electron chi connectivity index (χ3n) is 4.93. The Morgan fingerprint density at radius 3 is 2.30 bits per heavy atom. The maximum absolute atomic E-state index is 13.2. The van der Waals surface area contributed by atoms with Gasteiger partial charge in [-0.15, -0.1) is 0 Å². The zero-order valence-corrected chi connectivity index (χ0v) is 17.3. The Hall–Kier alpha value is -2.74.